The van der Waals surface area contributed by atoms with Crippen molar-refractivity contribution in [1.29, 1.82) is 0 Å². The largest absolute Gasteiger partial charge is 0.382 e. The molecule has 7 heteroatoms. The highest BCUT2D eigenvalue weighted by Crippen LogP contribution is 2.26. The summed E-state index contributed by atoms with van der Waals surface area (Å²) in [4.78, 5) is 12.0. The molecule has 0 saturated heterocycles. The van der Waals surface area contributed by atoms with Gasteiger partial charge in [-0.1, -0.05) is 29.8 Å². The highest BCUT2D eigenvalue weighted by atomic mass is 35.5. The van der Waals surface area contributed by atoms with Gasteiger partial charge in [0, 0.05) is 19.2 Å². The number of aromatic amines is 1. The number of nitrogens with one attached hydrogen (secondary N) is 2. The lowest BCUT2D eigenvalue weighted by Crippen LogP contribution is -2.27. The summed E-state index contributed by atoms with van der Waals surface area (Å²) in [6.07, 6.45) is 0. The van der Waals surface area contributed by atoms with E-state index in [0.29, 0.717) is 42.8 Å². The number of hydrogen-bond acceptors (Lipinski definition) is 4. The van der Waals surface area contributed by atoms with Gasteiger partial charge in [-0.3, -0.25) is 9.89 Å². The molecule has 6 nitrogen and oxygen atoms in total. The molecule has 2 aromatic rings. The molecule has 0 aliphatic heterocycles. The molecule has 1 amide bonds. The Bertz CT molecular complexity index is 616. The van der Waals surface area contributed by atoms with Gasteiger partial charge in [0.15, 0.2) is 0 Å². The van der Waals surface area contributed by atoms with Crippen LogP contribution in [0.4, 0.5) is 0 Å². The summed E-state index contributed by atoms with van der Waals surface area (Å²) in [6.45, 7) is 1.90. The van der Waals surface area contributed by atoms with E-state index in [1.807, 2.05) is 18.2 Å². The van der Waals surface area contributed by atoms with Crippen molar-refractivity contribution in [2.75, 3.05) is 33.5 Å². The van der Waals surface area contributed by atoms with Gasteiger partial charge in [-0.15, -0.1) is 0 Å². The number of H-pyrrole nitrogens is 1. The SMILES string of the molecule is COCCOCCNC(=O)c1cc(-c2ccccc2Cl)n[nH]1. The lowest BCUT2D eigenvalue weighted by atomic mass is 10.1. The second-order valence-corrected chi connectivity index (χ2v) is 4.91. The molecule has 118 valence electrons. The first-order chi connectivity index (χ1) is 10.7. The summed E-state index contributed by atoms with van der Waals surface area (Å²) in [5.41, 5.74) is 1.79. The van der Waals surface area contributed by atoms with Crippen LogP contribution < -0.4 is 5.32 Å². The summed E-state index contributed by atoms with van der Waals surface area (Å²) in [5, 5.41) is 10.2. The van der Waals surface area contributed by atoms with Crippen LogP contribution in [0.2, 0.25) is 5.02 Å². The van der Waals surface area contributed by atoms with Crippen molar-refractivity contribution >= 4 is 17.5 Å². The van der Waals surface area contributed by atoms with Crippen LogP contribution in [0.5, 0.6) is 0 Å². The van der Waals surface area contributed by atoms with Gasteiger partial charge >= 0.3 is 0 Å². The van der Waals surface area contributed by atoms with E-state index in [0.717, 1.165) is 5.56 Å². The monoisotopic (exact) mass is 323 g/mol. The van der Waals surface area contributed by atoms with Crippen molar-refractivity contribution in [3.63, 3.8) is 0 Å². The number of benzene rings is 1. The number of rotatable bonds is 8. The van der Waals surface area contributed by atoms with Crippen LogP contribution in [-0.4, -0.2) is 49.6 Å². The predicted octanol–water partition coefficient (Wildman–Crippen LogP) is 2.12. The maximum absolute atomic E-state index is 12.0. The average Bonchev–Trinajstić information content (AvgIpc) is 3.01. The first-order valence-electron chi connectivity index (χ1n) is 6.87. The van der Waals surface area contributed by atoms with Crippen molar-refractivity contribution in [2.45, 2.75) is 0 Å². The van der Waals surface area contributed by atoms with Crippen molar-refractivity contribution in [3.05, 3.63) is 41.0 Å². The summed E-state index contributed by atoms with van der Waals surface area (Å²) in [5.74, 6) is -0.235. The second-order valence-electron chi connectivity index (χ2n) is 4.51. The molecule has 0 aliphatic carbocycles. The van der Waals surface area contributed by atoms with E-state index in [1.165, 1.54) is 0 Å². The minimum Gasteiger partial charge on any atom is -0.382 e. The van der Waals surface area contributed by atoms with E-state index < -0.39 is 0 Å². The van der Waals surface area contributed by atoms with Gasteiger partial charge in [0.05, 0.1) is 30.5 Å². The van der Waals surface area contributed by atoms with Crippen LogP contribution in [-0.2, 0) is 9.47 Å². The first kappa shape index (κ1) is 16.5. The van der Waals surface area contributed by atoms with Gasteiger partial charge in [0.1, 0.15) is 5.69 Å². The van der Waals surface area contributed by atoms with E-state index in [-0.39, 0.29) is 5.91 Å². The fraction of sp³-hybridized carbons (Fsp3) is 0.333. The van der Waals surface area contributed by atoms with Gasteiger partial charge in [0.2, 0.25) is 0 Å². The van der Waals surface area contributed by atoms with Crippen molar-refractivity contribution in [2.24, 2.45) is 0 Å². The summed E-state index contributed by atoms with van der Waals surface area (Å²) in [7, 11) is 1.61. The number of ether oxygens (including phenoxy) is 2. The zero-order valence-electron chi connectivity index (χ0n) is 12.3. The van der Waals surface area contributed by atoms with E-state index in [9.17, 15) is 4.79 Å². The molecule has 2 rings (SSSR count). The lowest BCUT2D eigenvalue weighted by molar-refractivity contribution is 0.0692. The Hall–Kier alpha value is -1.89. The third-order valence-electron chi connectivity index (χ3n) is 2.94. The van der Waals surface area contributed by atoms with Gasteiger partial charge in [-0.2, -0.15) is 5.10 Å². The molecule has 0 bridgehead atoms. The molecule has 0 unspecified atom stereocenters. The van der Waals surface area contributed by atoms with Crippen LogP contribution >= 0.6 is 11.6 Å². The quantitative estimate of drug-likeness (QED) is 0.730. The maximum atomic E-state index is 12.0. The van der Waals surface area contributed by atoms with Crippen LogP contribution in [0, 0.1) is 0 Å². The van der Waals surface area contributed by atoms with Gasteiger partial charge < -0.3 is 14.8 Å². The number of carbonyl (C=O) groups is 1. The second kappa shape index (κ2) is 8.53. The molecule has 1 heterocycles. The highest BCUT2D eigenvalue weighted by Gasteiger charge is 2.12. The number of methoxy groups -OCH3 is 1. The van der Waals surface area contributed by atoms with E-state index in [1.54, 1.807) is 19.2 Å². The third-order valence-corrected chi connectivity index (χ3v) is 3.27. The molecule has 0 spiro atoms. The Balaban J connectivity index is 1.86. The van der Waals surface area contributed by atoms with E-state index >= 15 is 0 Å². The smallest absolute Gasteiger partial charge is 0.269 e. The molecule has 0 radical (unpaired) electrons. The van der Waals surface area contributed by atoms with E-state index in [2.05, 4.69) is 15.5 Å². The van der Waals surface area contributed by atoms with Crippen LogP contribution in [0.25, 0.3) is 11.3 Å². The van der Waals surface area contributed by atoms with Crippen molar-refractivity contribution in [1.82, 2.24) is 15.5 Å². The normalized spacial score (nSPS) is 10.6. The fourth-order valence-electron chi connectivity index (χ4n) is 1.82. The lowest BCUT2D eigenvalue weighted by Gasteiger charge is -2.04. The number of nitrogens with zero attached hydrogens (tertiary/aromatic N) is 1. The van der Waals surface area contributed by atoms with Crippen LogP contribution in [0.3, 0.4) is 0 Å². The molecule has 1 aromatic carbocycles. The topological polar surface area (TPSA) is 76.2 Å². The molecule has 1 aromatic heterocycles. The molecular weight excluding hydrogens is 306 g/mol. The van der Waals surface area contributed by atoms with Gasteiger partial charge in [0.25, 0.3) is 5.91 Å². The van der Waals surface area contributed by atoms with Crippen LogP contribution in [0.15, 0.2) is 30.3 Å². The molecule has 2 N–H and O–H groups in total. The third kappa shape index (κ3) is 4.56. The van der Waals surface area contributed by atoms with E-state index in [4.69, 9.17) is 21.1 Å². The molecular formula is C15H18ClN3O3. The van der Waals surface area contributed by atoms with Gasteiger partial charge in [-0.25, -0.2) is 0 Å². The Morgan fingerprint density at radius 3 is 2.91 bits per heavy atom. The molecule has 0 atom stereocenters. The predicted molar refractivity (Wildman–Crippen MR) is 84.1 cm³/mol. The van der Waals surface area contributed by atoms with Crippen molar-refractivity contribution < 1.29 is 14.3 Å². The summed E-state index contributed by atoms with van der Waals surface area (Å²) < 4.78 is 10.1. The zero-order valence-corrected chi connectivity index (χ0v) is 13.0. The standard InChI is InChI=1S/C15H18ClN3O3/c1-21-8-9-22-7-6-17-15(20)14-10-13(18-19-14)11-4-2-3-5-12(11)16/h2-5,10H,6-9H2,1H3,(H,17,20)(H,18,19). The molecule has 22 heavy (non-hydrogen) atoms. The summed E-state index contributed by atoms with van der Waals surface area (Å²) >= 11 is 6.11. The molecule has 0 saturated carbocycles. The zero-order chi connectivity index (χ0) is 15.8. The molecule has 0 aliphatic rings. The Morgan fingerprint density at radius 2 is 2.14 bits per heavy atom. The number of amides is 1. The van der Waals surface area contributed by atoms with Crippen molar-refractivity contribution in [3.8, 4) is 11.3 Å². The Kier molecular flexibility index (Phi) is 6.39. The minimum absolute atomic E-state index is 0.235. The minimum atomic E-state index is -0.235. The van der Waals surface area contributed by atoms with Crippen LogP contribution in [0.1, 0.15) is 10.5 Å². The van der Waals surface area contributed by atoms with Gasteiger partial charge in [-0.05, 0) is 12.1 Å². The Labute approximate surface area is 133 Å². The molecule has 0 fully saturated rings. The number of carbonyl (C=O) groups excluding carboxylic acids is 1. The average molecular weight is 324 g/mol. The number of aromatic nitrogens is 2. The summed E-state index contributed by atoms with van der Waals surface area (Å²) in [6, 6.07) is 9.01. The number of hydrogen-bond donors (Lipinski definition) is 2. The highest BCUT2D eigenvalue weighted by molar-refractivity contribution is 6.33. The Morgan fingerprint density at radius 1 is 1.32 bits per heavy atom. The first-order valence-corrected chi connectivity index (χ1v) is 7.25. The maximum Gasteiger partial charge on any atom is 0.269 e. The number of halogens is 1. The fourth-order valence-corrected chi connectivity index (χ4v) is 2.05.